The number of benzene rings is 1. The van der Waals surface area contributed by atoms with E-state index >= 15 is 0 Å². The van der Waals surface area contributed by atoms with E-state index in [0.29, 0.717) is 5.92 Å². The SMILES string of the molecule is CC1(CO)CC(Cc2ccccc2)CCN1. The number of rotatable bonds is 3. The molecule has 1 aliphatic rings. The van der Waals surface area contributed by atoms with E-state index in [-0.39, 0.29) is 12.1 Å². The minimum absolute atomic E-state index is 0.0717. The summed E-state index contributed by atoms with van der Waals surface area (Å²) in [7, 11) is 0. The maximum atomic E-state index is 9.37. The molecule has 2 unspecified atom stereocenters. The van der Waals surface area contributed by atoms with Crippen LogP contribution in [0.2, 0.25) is 0 Å². The van der Waals surface area contributed by atoms with Crippen molar-refractivity contribution in [1.29, 1.82) is 0 Å². The van der Waals surface area contributed by atoms with Crippen molar-refractivity contribution in [3.8, 4) is 0 Å². The van der Waals surface area contributed by atoms with E-state index in [1.165, 1.54) is 12.0 Å². The van der Waals surface area contributed by atoms with Gasteiger partial charge in [0.05, 0.1) is 6.61 Å². The van der Waals surface area contributed by atoms with E-state index in [9.17, 15) is 5.11 Å². The van der Waals surface area contributed by atoms with Crippen molar-refractivity contribution in [2.24, 2.45) is 5.92 Å². The van der Waals surface area contributed by atoms with Crippen LogP contribution in [-0.4, -0.2) is 23.8 Å². The molecule has 2 atom stereocenters. The van der Waals surface area contributed by atoms with Crippen molar-refractivity contribution in [1.82, 2.24) is 5.32 Å². The van der Waals surface area contributed by atoms with E-state index in [2.05, 4.69) is 42.6 Å². The Morgan fingerprint density at radius 1 is 1.38 bits per heavy atom. The Kier molecular flexibility index (Phi) is 3.62. The molecule has 1 fully saturated rings. The van der Waals surface area contributed by atoms with Gasteiger partial charge in [0.2, 0.25) is 0 Å². The lowest BCUT2D eigenvalue weighted by molar-refractivity contribution is 0.120. The minimum Gasteiger partial charge on any atom is -0.394 e. The molecular weight excluding hydrogens is 198 g/mol. The monoisotopic (exact) mass is 219 g/mol. The molecular formula is C14H21NO. The molecule has 1 saturated heterocycles. The van der Waals surface area contributed by atoms with Gasteiger partial charge in [0.1, 0.15) is 0 Å². The zero-order chi connectivity index (χ0) is 11.4. The van der Waals surface area contributed by atoms with Crippen LogP contribution in [0.4, 0.5) is 0 Å². The Morgan fingerprint density at radius 2 is 2.12 bits per heavy atom. The van der Waals surface area contributed by atoms with Crippen LogP contribution >= 0.6 is 0 Å². The van der Waals surface area contributed by atoms with Crippen molar-refractivity contribution in [2.45, 2.75) is 31.7 Å². The fourth-order valence-corrected chi connectivity index (χ4v) is 2.63. The second-order valence-corrected chi connectivity index (χ2v) is 5.19. The largest absolute Gasteiger partial charge is 0.394 e. The Labute approximate surface area is 97.7 Å². The fourth-order valence-electron chi connectivity index (χ4n) is 2.63. The van der Waals surface area contributed by atoms with Gasteiger partial charge in [-0.1, -0.05) is 30.3 Å². The predicted molar refractivity (Wildman–Crippen MR) is 66.4 cm³/mol. The van der Waals surface area contributed by atoms with Gasteiger partial charge in [0, 0.05) is 5.54 Å². The maximum absolute atomic E-state index is 9.37. The van der Waals surface area contributed by atoms with Crippen LogP contribution in [-0.2, 0) is 6.42 Å². The second kappa shape index (κ2) is 4.98. The zero-order valence-electron chi connectivity index (χ0n) is 9.95. The second-order valence-electron chi connectivity index (χ2n) is 5.19. The molecule has 0 amide bonds. The van der Waals surface area contributed by atoms with Gasteiger partial charge in [-0.05, 0) is 44.2 Å². The average molecular weight is 219 g/mol. The van der Waals surface area contributed by atoms with Gasteiger partial charge in [-0.3, -0.25) is 0 Å². The topological polar surface area (TPSA) is 32.3 Å². The van der Waals surface area contributed by atoms with Crippen LogP contribution in [0.15, 0.2) is 30.3 Å². The predicted octanol–water partition coefficient (Wildman–Crippen LogP) is 1.98. The first-order valence-corrected chi connectivity index (χ1v) is 6.12. The summed E-state index contributed by atoms with van der Waals surface area (Å²) in [5.41, 5.74) is 1.34. The van der Waals surface area contributed by atoms with Crippen LogP contribution in [0.25, 0.3) is 0 Å². The lowest BCUT2D eigenvalue weighted by Gasteiger charge is -2.38. The van der Waals surface area contributed by atoms with Gasteiger partial charge in [-0.25, -0.2) is 0 Å². The molecule has 0 bridgehead atoms. The molecule has 1 aliphatic heterocycles. The minimum atomic E-state index is -0.0717. The molecule has 2 N–H and O–H groups in total. The molecule has 0 spiro atoms. The van der Waals surface area contributed by atoms with Gasteiger partial charge in [-0.15, -0.1) is 0 Å². The Hall–Kier alpha value is -0.860. The van der Waals surface area contributed by atoms with Crippen LogP contribution in [0.5, 0.6) is 0 Å². The van der Waals surface area contributed by atoms with Crippen LogP contribution in [0.3, 0.4) is 0 Å². The van der Waals surface area contributed by atoms with Crippen molar-refractivity contribution < 1.29 is 5.11 Å². The highest BCUT2D eigenvalue weighted by Crippen LogP contribution is 2.26. The smallest absolute Gasteiger partial charge is 0.0610 e. The molecule has 2 nitrogen and oxygen atoms in total. The van der Waals surface area contributed by atoms with Crippen LogP contribution < -0.4 is 5.32 Å². The third kappa shape index (κ3) is 2.83. The molecule has 1 heterocycles. The maximum Gasteiger partial charge on any atom is 0.0610 e. The molecule has 0 aromatic heterocycles. The van der Waals surface area contributed by atoms with Crippen LogP contribution in [0, 0.1) is 5.92 Å². The van der Waals surface area contributed by atoms with Gasteiger partial charge < -0.3 is 10.4 Å². The molecule has 0 aliphatic carbocycles. The molecule has 1 aromatic rings. The molecule has 2 rings (SSSR count). The van der Waals surface area contributed by atoms with E-state index < -0.39 is 0 Å². The van der Waals surface area contributed by atoms with Crippen molar-refractivity contribution in [3.63, 3.8) is 0 Å². The van der Waals surface area contributed by atoms with Crippen LogP contribution in [0.1, 0.15) is 25.3 Å². The summed E-state index contributed by atoms with van der Waals surface area (Å²) < 4.78 is 0. The summed E-state index contributed by atoms with van der Waals surface area (Å²) in [5, 5.41) is 12.8. The standard InChI is InChI=1S/C14H21NO/c1-14(11-16)10-13(7-8-15-14)9-12-5-3-2-4-6-12/h2-6,13,15-16H,7-11H2,1H3. The Bertz CT molecular complexity index is 325. The molecule has 88 valence electrons. The number of hydrogen-bond donors (Lipinski definition) is 2. The van der Waals surface area contributed by atoms with E-state index in [0.717, 1.165) is 19.4 Å². The summed E-state index contributed by atoms with van der Waals surface area (Å²) >= 11 is 0. The van der Waals surface area contributed by atoms with Gasteiger partial charge in [0.15, 0.2) is 0 Å². The fraction of sp³-hybridized carbons (Fsp3) is 0.571. The van der Waals surface area contributed by atoms with Crippen molar-refractivity contribution in [2.75, 3.05) is 13.2 Å². The molecule has 1 aromatic carbocycles. The first-order valence-electron chi connectivity index (χ1n) is 6.12. The number of aliphatic hydroxyl groups excluding tert-OH is 1. The van der Waals surface area contributed by atoms with E-state index in [1.54, 1.807) is 0 Å². The van der Waals surface area contributed by atoms with Gasteiger partial charge >= 0.3 is 0 Å². The third-order valence-corrected chi connectivity index (χ3v) is 3.56. The highest BCUT2D eigenvalue weighted by molar-refractivity contribution is 5.15. The highest BCUT2D eigenvalue weighted by atomic mass is 16.3. The van der Waals surface area contributed by atoms with Gasteiger partial charge in [-0.2, -0.15) is 0 Å². The van der Waals surface area contributed by atoms with Gasteiger partial charge in [0.25, 0.3) is 0 Å². The molecule has 2 heteroatoms. The Balaban J connectivity index is 1.96. The quantitative estimate of drug-likeness (QED) is 0.814. The number of nitrogens with one attached hydrogen (secondary N) is 1. The summed E-state index contributed by atoms with van der Waals surface area (Å²) in [4.78, 5) is 0. The summed E-state index contributed by atoms with van der Waals surface area (Å²) in [6, 6.07) is 10.6. The summed E-state index contributed by atoms with van der Waals surface area (Å²) in [5.74, 6) is 0.695. The van der Waals surface area contributed by atoms with Crippen molar-refractivity contribution in [3.05, 3.63) is 35.9 Å². The molecule has 0 radical (unpaired) electrons. The summed E-state index contributed by atoms with van der Waals surface area (Å²) in [6.07, 6.45) is 3.42. The number of aliphatic hydroxyl groups is 1. The lowest BCUT2D eigenvalue weighted by Crippen LogP contribution is -2.51. The number of piperidine rings is 1. The Morgan fingerprint density at radius 3 is 2.81 bits per heavy atom. The lowest BCUT2D eigenvalue weighted by atomic mass is 9.80. The highest BCUT2D eigenvalue weighted by Gasteiger charge is 2.30. The first kappa shape index (κ1) is 11.6. The average Bonchev–Trinajstić information content (AvgIpc) is 2.30. The molecule has 16 heavy (non-hydrogen) atoms. The summed E-state index contributed by atoms with van der Waals surface area (Å²) in [6.45, 7) is 3.37. The zero-order valence-corrected chi connectivity index (χ0v) is 9.95. The normalized spacial score (nSPS) is 30.2. The van der Waals surface area contributed by atoms with E-state index in [4.69, 9.17) is 0 Å². The third-order valence-electron chi connectivity index (χ3n) is 3.56. The van der Waals surface area contributed by atoms with Crippen molar-refractivity contribution >= 4 is 0 Å². The van der Waals surface area contributed by atoms with E-state index in [1.807, 2.05) is 0 Å². The molecule has 0 saturated carbocycles. The number of hydrogen-bond acceptors (Lipinski definition) is 2. The first-order chi connectivity index (χ1) is 7.72.